The number of terminal acetylenes is 1. The summed E-state index contributed by atoms with van der Waals surface area (Å²) in [6.45, 7) is 9.18. The average molecular weight is 528 g/mol. The van der Waals surface area contributed by atoms with Gasteiger partial charge in [0.2, 0.25) is 0 Å². The summed E-state index contributed by atoms with van der Waals surface area (Å²) in [5.41, 5.74) is 5.85. The normalized spacial score (nSPS) is 20.8. The number of likely N-dealkylation sites (tertiary alicyclic amines) is 1. The second kappa shape index (κ2) is 12.9. The minimum atomic E-state index is -0.0863. The smallest absolute Gasteiger partial charge is 0.254 e. The van der Waals surface area contributed by atoms with Crippen molar-refractivity contribution < 1.29 is 9.90 Å². The third kappa shape index (κ3) is 6.34. The van der Waals surface area contributed by atoms with Gasteiger partial charge in [0.25, 0.3) is 5.91 Å². The highest BCUT2D eigenvalue weighted by atomic mass is 16.3. The van der Waals surface area contributed by atoms with Gasteiger partial charge in [-0.15, -0.1) is 6.42 Å². The number of piperidine rings is 2. The molecule has 2 aromatic rings. The fourth-order valence-electron chi connectivity index (χ4n) is 6.18. The lowest BCUT2D eigenvalue weighted by atomic mass is 9.81. The number of carbonyl (C=O) groups excluding carboxylic acids is 1. The Morgan fingerprint density at radius 3 is 2.62 bits per heavy atom. The van der Waals surface area contributed by atoms with E-state index in [1.807, 2.05) is 36.2 Å². The molecule has 7 heteroatoms. The number of aliphatic hydroxyl groups excluding tert-OH is 1. The van der Waals surface area contributed by atoms with E-state index in [2.05, 4.69) is 52.1 Å². The lowest BCUT2D eigenvalue weighted by Crippen LogP contribution is -2.47. The number of aryl methyl sites for hydroxylation is 2. The number of allylic oxidation sites excluding steroid dienone is 2. The summed E-state index contributed by atoms with van der Waals surface area (Å²) in [4.78, 5) is 27.0. The molecule has 0 saturated carbocycles. The van der Waals surface area contributed by atoms with Crippen LogP contribution in [0.5, 0.6) is 0 Å². The SMILES string of the molecule is C#C/C=C\C(=N/C)C1CCN(C(=O)c2c(C)cc(C)c(NC3CCN(c4ccccn4)CC3)c2C)C[C@H]1CO. The van der Waals surface area contributed by atoms with Crippen LogP contribution in [0.15, 0.2) is 47.6 Å². The largest absolute Gasteiger partial charge is 0.396 e. The van der Waals surface area contributed by atoms with Crippen LogP contribution in [-0.4, -0.2) is 72.5 Å². The molecule has 2 aliphatic rings. The molecule has 0 radical (unpaired) electrons. The van der Waals surface area contributed by atoms with Gasteiger partial charge in [0.1, 0.15) is 5.82 Å². The fraction of sp³-hybridized carbons (Fsp3) is 0.469. The number of rotatable bonds is 7. The van der Waals surface area contributed by atoms with Crippen LogP contribution in [0.2, 0.25) is 0 Å². The van der Waals surface area contributed by atoms with E-state index in [0.717, 1.165) is 71.8 Å². The van der Waals surface area contributed by atoms with E-state index in [4.69, 9.17) is 6.42 Å². The summed E-state index contributed by atoms with van der Waals surface area (Å²) in [6.07, 6.45) is 13.5. The molecule has 206 valence electrons. The van der Waals surface area contributed by atoms with Crippen molar-refractivity contribution in [1.29, 1.82) is 0 Å². The van der Waals surface area contributed by atoms with Gasteiger partial charge in [-0.1, -0.05) is 18.1 Å². The van der Waals surface area contributed by atoms with Crippen molar-refractivity contribution in [2.75, 3.05) is 50.1 Å². The topological polar surface area (TPSA) is 81.1 Å². The van der Waals surface area contributed by atoms with Crippen molar-refractivity contribution in [3.05, 3.63) is 64.9 Å². The standard InChI is InChI=1S/C32H41N5O2/c1-6-7-10-28(33-5)27-14-18-37(20-25(27)21-38)32(39)30-22(2)19-23(3)31(24(30)4)35-26-12-16-36(17-13-26)29-11-8-9-15-34-29/h1,7-11,15,19,25-27,35,38H,12-14,16-18,20-21H2,2-5H3/b10-7-,33-28+/t25-,27?/m0/s1. The van der Waals surface area contributed by atoms with Gasteiger partial charge in [-0.3, -0.25) is 9.79 Å². The Labute approximate surface area is 233 Å². The number of carbonyl (C=O) groups is 1. The van der Waals surface area contributed by atoms with E-state index in [-0.39, 0.29) is 24.3 Å². The third-order valence-electron chi connectivity index (χ3n) is 8.25. The highest BCUT2D eigenvalue weighted by Gasteiger charge is 2.34. The van der Waals surface area contributed by atoms with Crippen LogP contribution in [0.4, 0.5) is 11.5 Å². The zero-order valence-electron chi connectivity index (χ0n) is 23.7. The van der Waals surface area contributed by atoms with Crippen LogP contribution in [0.25, 0.3) is 0 Å². The second-order valence-electron chi connectivity index (χ2n) is 10.7. The molecule has 0 spiro atoms. The van der Waals surface area contributed by atoms with Gasteiger partial charge in [0.05, 0.1) is 0 Å². The van der Waals surface area contributed by atoms with Crippen LogP contribution in [-0.2, 0) is 0 Å². The van der Waals surface area contributed by atoms with Crippen molar-refractivity contribution in [2.45, 2.75) is 46.1 Å². The van der Waals surface area contributed by atoms with Gasteiger partial charge in [0, 0.05) is 80.9 Å². The Morgan fingerprint density at radius 1 is 1.21 bits per heavy atom. The van der Waals surface area contributed by atoms with Gasteiger partial charge in [-0.2, -0.15) is 0 Å². The third-order valence-corrected chi connectivity index (χ3v) is 8.25. The molecule has 2 saturated heterocycles. The van der Waals surface area contributed by atoms with Crippen molar-refractivity contribution >= 4 is 23.1 Å². The molecule has 3 heterocycles. The maximum absolute atomic E-state index is 13.9. The van der Waals surface area contributed by atoms with Gasteiger partial charge < -0.3 is 20.2 Å². The van der Waals surface area contributed by atoms with E-state index in [9.17, 15) is 9.90 Å². The lowest BCUT2D eigenvalue weighted by molar-refractivity contribution is 0.0566. The molecule has 2 aliphatic heterocycles. The maximum atomic E-state index is 13.9. The number of anilines is 2. The molecule has 2 atom stereocenters. The number of hydrogen-bond acceptors (Lipinski definition) is 6. The van der Waals surface area contributed by atoms with E-state index < -0.39 is 0 Å². The molecule has 2 N–H and O–H groups in total. The number of aliphatic hydroxyl groups is 1. The van der Waals surface area contributed by atoms with Crippen LogP contribution in [0, 0.1) is 45.0 Å². The van der Waals surface area contributed by atoms with Crippen molar-refractivity contribution in [1.82, 2.24) is 9.88 Å². The Kier molecular flexibility index (Phi) is 9.42. The predicted octanol–water partition coefficient (Wildman–Crippen LogP) is 4.42. The van der Waals surface area contributed by atoms with Crippen LogP contribution in [0.1, 0.15) is 46.3 Å². The first-order valence-electron chi connectivity index (χ1n) is 13.9. The summed E-state index contributed by atoms with van der Waals surface area (Å²) in [7, 11) is 1.75. The summed E-state index contributed by atoms with van der Waals surface area (Å²) in [5, 5.41) is 14.0. The van der Waals surface area contributed by atoms with Crippen LogP contribution in [0.3, 0.4) is 0 Å². The fourth-order valence-corrected chi connectivity index (χ4v) is 6.18. The van der Waals surface area contributed by atoms with E-state index >= 15 is 0 Å². The van der Waals surface area contributed by atoms with E-state index in [1.54, 1.807) is 13.1 Å². The molecule has 39 heavy (non-hydrogen) atoms. The number of hydrogen-bond donors (Lipinski definition) is 2. The summed E-state index contributed by atoms with van der Waals surface area (Å²) in [5.74, 6) is 3.56. The van der Waals surface area contributed by atoms with Crippen molar-refractivity contribution in [3.8, 4) is 12.3 Å². The highest BCUT2D eigenvalue weighted by molar-refractivity contribution is 6.00. The molecule has 2 fully saturated rings. The van der Waals surface area contributed by atoms with Gasteiger partial charge in [0.15, 0.2) is 0 Å². The monoisotopic (exact) mass is 527 g/mol. The van der Waals surface area contributed by atoms with Crippen LogP contribution < -0.4 is 10.2 Å². The molecule has 1 aromatic heterocycles. The first-order valence-corrected chi connectivity index (χ1v) is 13.9. The number of aromatic nitrogens is 1. The molecule has 7 nitrogen and oxygen atoms in total. The summed E-state index contributed by atoms with van der Waals surface area (Å²) in [6, 6.07) is 8.50. The minimum Gasteiger partial charge on any atom is -0.396 e. The second-order valence-corrected chi connectivity index (χ2v) is 10.7. The van der Waals surface area contributed by atoms with E-state index in [1.165, 1.54) is 0 Å². The molecule has 4 rings (SSSR count). The Balaban J connectivity index is 1.48. The molecule has 1 unspecified atom stereocenters. The Hall–Kier alpha value is -3.63. The number of pyridine rings is 1. The minimum absolute atomic E-state index is 0.00672. The van der Waals surface area contributed by atoms with Crippen molar-refractivity contribution in [3.63, 3.8) is 0 Å². The van der Waals surface area contributed by atoms with E-state index in [0.29, 0.717) is 19.1 Å². The van der Waals surface area contributed by atoms with Crippen molar-refractivity contribution in [2.24, 2.45) is 16.8 Å². The number of nitrogens with one attached hydrogen (secondary N) is 1. The average Bonchev–Trinajstić information content (AvgIpc) is 2.96. The first-order chi connectivity index (χ1) is 18.9. The quantitative estimate of drug-likeness (QED) is 0.412. The first kappa shape index (κ1) is 28.4. The Morgan fingerprint density at radius 2 is 1.97 bits per heavy atom. The zero-order valence-corrected chi connectivity index (χ0v) is 23.7. The summed E-state index contributed by atoms with van der Waals surface area (Å²) >= 11 is 0. The molecule has 0 bridgehead atoms. The lowest BCUT2D eigenvalue weighted by Gasteiger charge is -2.38. The highest BCUT2D eigenvalue weighted by Crippen LogP contribution is 2.32. The molecular formula is C32H41N5O2. The number of aliphatic imine (C=N–C) groups is 1. The maximum Gasteiger partial charge on any atom is 0.254 e. The number of amides is 1. The molecule has 1 amide bonds. The molecule has 0 aliphatic carbocycles. The Bertz CT molecular complexity index is 1260. The zero-order chi connectivity index (χ0) is 27.9. The molecule has 1 aromatic carbocycles. The summed E-state index contributed by atoms with van der Waals surface area (Å²) < 4.78 is 0. The van der Waals surface area contributed by atoms with Crippen LogP contribution >= 0.6 is 0 Å². The number of benzene rings is 1. The van der Waals surface area contributed by atoms with Gasteiger partial charge in [-0.25, -0.2) is 4.98 Å². The van der Waals surface area contributed by atoms with Gasteiger partial charge >= 0.3 is 0 Å². The predicted molar refractivity (Wildman–Crippen MR) is 160 cm³/mol. The molecular weight excluding hydrogens is 486 g/mol. The van der Waals surface area contributed by atoms with Gasteiger partial charge in [-0.05, 0) is 81.0 Å². The number of nitrogens with zero attached hydrogens (tertiary/aromatic N) is 4.